The van der Waals surface area contributed by atoms with E-state index in [0.717, 1.165) is 29.7 Å². The number of ether oxygens (including phenoxy) is 1. The number of para-hydroxylation sites is 1. The molecule has 0 saturated heterocycles. The van der Waals surface area contributed by atoms with Crippen molar-refractivity contribution in [1.29, 1.82) is 0 Å². The number of aryl methyl sites for hydroxylation is 1. The van der Waals surface area contributed by atoms with Crippen LogP contribution in [-0.2, 0) is 4.79 Å². The molecule has 2 rings (SSSR count). The molecule has 1 atom stereocenters. The molecule has 4 nitrogen and oxygen atoms in total. The van der Waals surface area contributed by atoms with Crippen molar-refractivity contribution in [1.82, 2.24) is 5.32 Å². The van der Waals surface area contributed by atoms with Gasteiger partial charge in [0.05, 0.1) is 19.2 Å². The summed E-state index contributed by atoms with van der Waals surface area (Å²) in [4.78, 5) is 11.4. The molecule has 1 aromatic rings. The number of nitrogens with one attached hydrogen (secondary N) is 1. The second-order valence-electron chi connectivity index (χ2n) is 4.31. The molecular formula is C13H18N2O2. The molecule has 1 aliphatic rings. The standard InChI is InChI=1S/C13H18N2O2/c1-9-4-2-5-10-11(15-12(16)8-14)6-3-7-17-13(9)10/h2,4-5,11H,3,6-8,14H2,1H3,(H,15,16). The van der Waals surface area contributed by atoms with Gasteiger partial charge in [0, 0.05) is 5.56 Å². The van der Waals surface area contributed by atoms with E-state index in [0.29, 0.717) is 6.61 Å². The third kappa shape index (κ3) is 2.58. The SMILES string of the molecule is Cc1cccc2c1OCCCC2NC(=O)CN. The number of rotatable bonds is 2. The Hall–Kier alpha value is -1.55. The minimum absolute atomic E-state index is 0.0171. The first-order valence-corrected chi connectivity index (χ1v) is 5.94. The lowest BCUT2D eigenvalue weighted by molar-refractivity contribution is -0.120. The summed E-state index contributed by atoms with van der Waals surface area (Å²) in [6, 6.07) is 6.04. The van der Waals surface area contributed by atoms with Gasteiger partial charge in [-0.1, -0.05) is 18.2 Å². The van der Waals surface area contributed by atoms with Crippen molar-refractivity contribution in [3.63, 3.8) is 0 Å². The molecule has 3 N–H and O–H groups in total. The normalized spacial score (nSPS) is 18.8. The van der Waals surface area contributed by atoms with Crippen LogP contribution in [-0.4, -0.2) is 19.1 Å². The highest BCUT2D eigenvalue weighted by Crippen LogP contribution is 2.33. The zero-order valence-corrected chi connectivity index (χ0v) is 10.0. The molecule has 0 fully saturated rings. The largest absolute Gasteiger partial charge is 0.493 e. The smallest absolute Gasteiger partial charge is 0.234 e. The van der Waals surface area contributed by atoms with E-state index in [-0.39, 0.29) is 18.5 Å². The highest BCUT2D eigenvalue weighted by atomic mass is 16.5. The Morgan fingerprint density at radius 1 is 1.59 bits per heavy atom. The van der Waals surface area contributed by atoms with E-state index in [1.54, 1.807) is 0 Å². The van der Waals surface area contributed by atoms with Gasteiger partial charge in [0.25, 0.3) is 0 Å². The van der Waals surface area contributed by atoms with Crippen LogP contribution < -0.4 is 15.8 Å². The van der Waals surface area contributed by atoms with Gasteiger partial charge in [0.1, 0.15) is 5.75 Å². The Balaban J connectivity index is 2.30. The monoisotopic (exact) mass is 234 g/mol. The van der Waals surface area contributed by atoms with Crippen LogP contribution in [0.3, 0.4) is 0 Å². The summed E-state index contributed by atoms with van der Waals surface area (Å²) >= 11 is 0. The van der Waals surface area contributed by atoms with E-state index in [9.17, 15) is 4.79 Å². The number of carbonyl (C=O) groups is 1. The Kier molecular flexibility index (Phi) is 3.64. The molecule has 1 unspecified atom stereocenters. The molecule has 0 aliphatic carbocycles. The predicted molar refractivity (Wildman–Crippen MR) is 65.8 cm³/mol. The lowest BCUT2D eigenvalue weighted by Crippen LogP contribution is -2.33. The maximum atomic E-state index is 11.4. The first-order valence-electron chi connectivity index (χ1n) is 5.94. The summed E-state index contributed by atoms with van der Waals surface area (Å²) in [5.74, 6) is 0.789. The number of hydrogen-bond donors (Lipinski definition) is 2. The topological polar surface area (TPSA) is 64.3 Å². The first kappa shape index (κ1) is 11.9. The van der Waals surface area contributed by atoms with Crippen LogP contribution in [0.15, 0.2) is 18.2 Å². The molecule has 0 radical (unpaired) electrons. The Morgan fingerprint density at radius 3 is 3.18 bits per heavy atom. The summed E-state index contributed by atoms with van der Waals surface area (Å²) < 4.78 is 5.74. The van der Waals surface area contributed by atoms with E-state index in [1.807, 2.05) is 25.1 Å². The molecule has 0 saturated carbocycles. The van der Waals surface area contributed by atoms with Crippen LogP contribution in [0.4, 0.5) is 0 Å². The van der Waals surface area contributed by atoms with E-state index < -0.39 is 0 Å². The minimum atomic E-state index is -0.121. The van der Waals surface area contributed by atoms with Crippen LogP contribution in [0.25, 0.3) is 0 Å². The van der Waals surface area contributed by atoms with E-state index in [1.165, 1.54) is 0 Å². The van der Waals surface area contributed by atoms with Gasteiger partial charge in [0.2, 0.25) is 5.91 Å². The van der Waals surface area contributed by atoms with Crippen LogP contribution >= 0.6 is 0 Å². The number of amides is 1. The molecule has 17 heavy (non-hydrogen) atoms. The van der Waals surface area contributed by atoms with Gasteiger partial charge in [-0.3, -0.25) is 4.79 Å². The molecule has 0 aromatic heterocycles. The van der Waals surface area contributed by atoms with Crippen LogP contribution in [0.2, 0.25) is 0 Å². The number of hydrogen-bond acceptors (Lipinski definition) is 3. The van der Waals surface area contributed by atoms with Crippen molar-refractivity contribution >= 4 is 5.91 Å². The number of carbonyl (C=O) groups excluding carboxylic acids is 1. The van der Waals surface area contributed by atoms with Gasteiger partial charge >= 0.3 is 0 Å². The van der Waals surface area contributed by atoms with Crippen LogP contribution in [0, 0.1) is 6.92 Å². The average molecular weight is 234 g/mol. The number of fused-ring (bicyclic) bond motifs is 1. The third-order valence-corrected chi connectivity index (χ3v) is 3.02. The van der Waals surface area contributed by atoms with Crippen molar-refractivity contribution in [3.8, 4) is 5.75 Å². The fourth-order valence-electron chi connectivity index (χ4n) is 2.17. The highest BCUT2D eigenvalue weighted by Gasteiger charge is 2.21. The average Bonchev–Trinajstić information content (AvgIpc) is 2.53. The summed E-state index contributed by atoms with van der Waals surface area (Å²) in [5, 5.41) is 2.95. The van der Waals surface area contributed by atoms with Gasteiger partial charge < -0.3 is 15.8 Å². The molecule has 92 valence electrons. The summed E-state index contributed by atoms with van der Waals surface area (Å²) in [6.45, 7) is 2.75. The van der Waals surface area contributed by atoms with Crippen molar-refractivity contribution in [3.05, 3.63) is 29.3 Å². The summed E-state index contributed by atoms with van der Waals surface area (Å²) in [5.41, 5.74) is 7.50. The maximum absolute atomic E-state index is 11.4. The van der Waals surface area contributed by atoms with Crippen molar-refractivity contribution in [2.75, 3.05) is 13.2 Å². The molecule has 1 aromatic carbocycles. The zero-order chi connectivity index (χ0) is 12.3. The Bertz CT molecular complexity index is 418. The van der Waals surface area contributed by atoms with Crippen LogP contribution in [0.1, 0.15) is 30.0 Å². The third-order valence-electron chi connectivity index (χ3n) is 3.02. The van der Waals surface area contributed by atoms with Gasteiger partial charge in [-0.25, -0.2) is 0 Å². The maximum Gasteiger partial charge on any atom is 0.234 e. The highest BCUT2D eigenvalue weighted by molar-refractivity contribution is 5.78. The number of nitrogens with two attached hydrogens (primary N) is 1. The van der Waals surface area contributed by atoms with Crippen molar-refractivity contribution in [2.45, 2.75) is 25.8 Å². The first-order chi connectivity index (χ1) is 8.22. The van der Waals surface area contributed by atoms with E-state index in [2.05, 4.69) is 5.32 Å². The fourth-order valence-corrected chi connectivity index (χ4v) is 2.17. The second-order valence-corrected chi connectivity index (χ2v) is 4.31. The van der Waals surface area contributed by atoms with Gasteiger partial charge in [-0.15, -0.1) is 0 Å². The molecule has 1 amide bonds. The van der Waals surface area contributed by atoms with Crippen LogP contribution in [0.5, 0.6) is 5.75 Å². The molecule has 0 bridgehead atoms. The van der Waals surface area contributed by atoms with Crippen molar-refractivity contribution in [2.24, 2.45) is 5.73 Å². The quantitative estimate of drug-likeness (QED) is 0.810. The Labute approximate surface area is 101 Å². The predicted octanol–water partition coefficient (Wildman–Crippen LogP) is 1.28. The zero-order valence-electron chi connectivity index (χ0n) is 10.0. The summed E-state index contributed by atoms with van der Waals surface area (Å²) in [6.07, 6.45) is 1.83. The van der Waals surface area contributed by atoms with Gasteiger partial charge in [0.15, 0.2) is 0 Å². The van der Waals surface area contributed by atoms with Gasteiger partial charge in [-0.05, 0) is 25.3 Å². The molecule has 1 heterocycles. The minimum Gasteiger partial charge on any atom is -0.493 e. The molecule has 4 heteroatoms. The van der Waals surface area contributed by atoms with Gasteiger partial charge in [-0.2, -0.15) is 0 Å². The number of benzene rings is 1. The fraction of sp³-hybridized carbons (Fsp3) is 0.462. The summed E-state index contributed by atoms with van der Waals surface area (Å²) in [7, 11) is 0. The molecular weight excluding hydrogens is 216 g/mol. The van der Waals surface area contributed by atoms with E-state index >= 15 is 0 Å². The lowest BCUT2D eigenvalue weighted by Gasteiger charge is -2.18. The second kappa shape index (κ2) is 5.19. The molecule has 1 aliphatic heterocycles. The van der Waals surface area contributed by atoms with E-state index in [4.69, 9.17) is 10.5 Å². The Morgan fingerprint density at radius 2 is 2.41 bits per heavy atom. The lowest BCUT2D eigenvalue weighted by atomic mass is 10.00. The molecule has 0 spiro atoms. The van der Waals surface area contributed by atoms with Crippen molar-refractivity contribution < 1.29 is 9.53 Å².